The zero-order valence-electron chi connectivity index (χ0n) is 20.4. The Labute approximate surface area is 193 Å². The van der Waals surface area contributed by atoms with Crippen LogP contribution >= 0.6 is 0 Å². The van der Waals surface area contributed by atoms with Gasteiger partial charge in [0, 0.05) is 18.8 Å². The summed E-state index contributed by atoms with van der Waals surface area (Å²) in [5, 5.41) is 20.2. The highest BCUT2D eigenvalue weighted by Crippen LogP contribution is 2.33. The summed E-state index contributed by atoms with van der Waals surface area (Å²) in [7, 11) is 0. The molecule has 0 aliphatic carbocycles. The van der Waals surface area contributed by atoms with Crippen molar-refractivity contribution in [2.45, 2.75) is 122 Å². The molecule has 0 saturated carbocycles. The number of cyclic esters (lactones) is 1. The first-order valence-electron chi connectivity index (χ1n) is 12.5. The summed E-state index contributed by atoms with van der Waals surface area (Å²) in [4.78, 5) is 25.4. The maximum absolute atomic E-state index is 12.8. The number of rotatable bonds is 3. The molecule has 2 bridgehead atoms. The third kappa shape index (κ3) is 8.60. The van der Waals surface area contributed by atoms with Gasteiger partial charge in [-0.1, -0.05) is 45.8 Å². The van der Waals surface area contributed by atoms with Gasteiger partial charge in [-0.2, -0.15) is 0 Å². The van der Waals surface area contributed by atoms with Crippen LogP contribution in [-0.2, 0) is 19.1 Å². The lowest BCUT2D eigenvalue weighted by Crippen LogP contribution is -2.31. The highest BCUT2D eigenvalue weighted by atomic mass is 16.5. The Bertz CT molecular complexity index is 630. The largest absolute Gasteiger partial charge is 0.462 e. The average molecular weight is 453 g/mol. The Hall–Kier alpha value is -1.24. The van der Waals surface area contributed by atoms with Crippen LogP contribution in [0.2, 0.25) is 0 Å². The first-order valence-corrected chi connectivity index (χ1v) is 12.5. The number of carbonyl (C=O) groups is 2. The van der Waals surface area contributed by atoms with E-state index in [0.717, 1.165) is 37.7 Å². The fourth-order valence-electron chi connectivity index (χ4n) is 4.96. The molecule has 2 saturated heterocycles. The summed E-state index contributed by atoms with van der Waals surface area (Å²) >= 11 is 0. The number of aliphatic hydroxyl groups excluding tert-OH is 2. The lowest BCUT2D eigenvalue weighted by molar-refractivity contribution is -0.154. The van der Waals surface area contributed by atoms with Crippen LogP contribution in [0.15, 0.2) is 12.2 Å². The smallest absolute Gasteiger partial charge is 0.308 e. The van der Waals surface area contributed by atoms with Crippen molar-refractivity contribution in [3.63, 3.8) is 0 Å². The van der Waals surface area contributed by atoms with Gasteiger partial charge in [0.05, 0.1) is 24.2 Å². The van der Waals surface area contributed by atoms with Crippen molar-refractivity contribution in [1.29, 1.82) is 0 Å². The molecule has 0 aromatic rings. The van der Waals surface area contributed by atoms with Gasteiger partial charge in [-0.15, -0.1) is 0 Å². The van der Waals surface area contributed by atoms with Gasteiger partial charge in [-0.3, -0.25) is 9.59 Å². The molecule has 2 aliphatic heterocycles. The maximum Gasteiger partial charge on any atom is 0.308 e. The second-order valence-corrected chi connectivity index (χ2v) is 10.4. The number of aliphatic hydroxyl groups is 2. The van der Waals surface area contributed by atoms with Gasteiger partial charge in [-0.25, -0.2) is 0 Å². The molecule has 0 aromatic heterocycles. The van der Waals surface area contributed by atoms with Gasteiger partial charge in [0.15, 0.2) is 5.78 Å². The van der Waals surface area contributed by atoms with Crippen LogP contribution in [0.5, 0.6) is 0 Å². The highest BCUT2D eigenvalue weighted by molar-refractivity contribution is 5.85. The molecule has 32 heavy (non-hydrogen) atoms. The molecule has 6 nitrogen and oxygen atoms in total. The van der Waals surface area contributed by atoms with E-state index in [4.69, 9.17) is 9.47 Å². The monoisotopic (exact) mass is 452 g/mol. The van der Waals surface area contributed by atoms with Crippen LogP contribution in [-0.4, -0.2) is 52.5 Å². The van der Waals surface area contributed by atoms with Gasteiger partial charge in [0.25, 0.3) is 0 Å². The lowest BCUT2D eigenvalue weighted by Gasteiger charge is -2.24. The Morgan fingerprint density at radius 3 is 2.44 bits per heavy atom. The molecule has 0 spiro atoms. The topological polar surface area (TPSA) is 93.1 Å². The molecule has 2 aliphatic rings. The van der Waals surface area contributed by atoms with Crippen molar-refractivity contribution in [2.24, 2.45) is 17.8 Å². The fraction of sp³-hybridized carbons (Fsp3) is 0.846. The normalized spacial score (nSPS) is 37.4. The zero-order chi connectivity index (χ0) is 23.8. The Balaban J connectivity index is 2.10. The van der Waals surface area contributed by atoms with E-state index < -0.39 is 12.2 Å². The van der Waals surface area contributed by atoms with Crippen molar-refractivity contribution in [3.05, 3.63) is 12.2 Å². The lowest BCUT2D eigenvalue weighted by atomic mass is 9.89. The predicted molar refractivity (Wildman–Crippen MR) is 124 cm³/mol. The van der Waals surface area contributed by atoms with Crippen molar-refractivity contribution >= 4 is 11.8 Å². The predicted octanol–water partition coefficient (Wildman–Crippen LogP) is 4.36. The number of fused-ring (bicyclic) bond motifs is 2. The van der Waals surface area contributed by atoms with Crippen molar-refractivity contribution < 1.29 is 29.3 Å². The number of ketones is 1. The quantitative estimate of drug-likeness (QED) is 0.488. The molecule has 2 N–H and O–H groups in total. The van der Waals surface area contributed by atoms with Crippen LogP contribution in [0.1, 0.15) is 91.9 Å². The first-order chi connectivity index (χ1) is 15.1. The van der Waals surface area contributed by atoms with E-state index in [1.54, 1.807) is 6.92 Å². The Morgan fingerprint density at radius 1 is 1.06 bits per heavy atom. The number of esters is 1. The third-order valence-electron chi connectivity index (χ3n) is 7.02. The molecule has 6 heteroatoms. The summed E-state index contributed by atoms with van der Waals surface area (Å²) in [5.41, 5.74) is 0.820. The molecule has 8 atom stereocenters. The number of carbonyl (C=O) groups excluding carboxylic acids is 2. The highest BCUT2D eigenvalue weighted by Gasteiger charge is 2.35. The number of hydrogen-bond donors (Lipinski definition) is 2. The third-order valence-corrected chi connectivity index (χ3v) is 7.02. The molecule has 0 amide bonds. The van der Waals surface area contributed by atoms with Crippen molar-refractivity contribution in [3.8, 4) is 0 Å². The summed E-state index contributed by atoms with van der Waals surface area (Å²) in [6.07, 6.45) is 5.02. The number of Topliss-reactive ketones (excluding diaryl/α,β-unsaturated/α-hetero) is 1. The van der Waals surface area contributed by atoms with Gasteiger partial charge in [-0.05, 0) is 51.4 Å². The van der Waals surface area contributed by atoms with Crippen molar-refractivity contribution in [2.75, 3.05) is 0 Å². The summed E-state index contributed by atoms with van der Waals surface area (Å²) in [5.74, 6) is -0.532. The maximum atomic E-state index is 12.8. The van der Waals surface area contributed by atoms with Gasteiger partial charge in [0.1, 0.15) is 12.2 Å². The molecular formula is C26H44O6. The van der Waals surface area contributed by atoms with E-state index in [1.807, 2.05) is 13.8 Å². The minimum Gasteiger partial charge on any atom is -0.462 e. The molecule has 0 radical (unpaired) electrons. The zero-order valence-corrected chi connectivity index (χ0v) is 20.4. The van der Waals surface area contributed by atoms with Gasteiger partial charge < -0.3 is 19.7 Å². The van der Waals surface area contributed by atoms with E-state index in [9.17, 15) is 19.8 Å². The molecular weight excluding hydrogens is 408 g/mol. The van der Waals surface area contributed by atoms with Gasteiger partial charge in [0.2, 0.25) is 0 Å². The Morgan fingerprint density at radius 2 is 1.75 bits per heavy atom. The fourth-order valence-corrected chi connectivity index (χ4v) is 4.96. The molecule has 2 heterocycles. The van der Waals surface area contributed by atoms with E-state index in [-0.39, 0.29) is 41.9 Å². The number of hydrogen-bond acceptors (Lipinski definition) is 6. The van der Waals surface area contributed by atoms with E-state index in [2.05, 4.69) is 13.5 Å². The molecule has 0 aromatic carbocycles. The molecule has 2 fully saturated rings. The minimum absolute atomic E-state index is 0.0815. The molecule has 1 unspecified atom stereocenters. The second kappa shape index (κ2) is 12.9. The van der Waals surface area contributed by atoms with Gasteiger partial charge >= 0.3 is 5.97 Å². The Kier molecular flexibility index (Phi) is 10.8. The van der Waals surface area contributed by atoms with Crippen LogP contribution in [0.4, 0.5) is 0 Å². The van der Waals surface area contributed by atoms with E-state index in [0.29, 0.717) is 38.0 Å². The second-order valence-electron chi connectivity index (χ2n) is 10.4. The average Bonchev–Trinajstić information content (AvgIpc) is 3.06. The van der Waals surface area contributed by atoms with Crippen LogP contribution in [0.3, 0.4) is 0 Å². The standard InChI is InChI=1S/C26H44O6/c1-16-12-19(4)25(29)23(28)15-22-14-18(3)24(31-22)9-7-6-8-17(2)26(30)32-21(13-16)11-10-20(5)27/h17-24,27-28H,1,6-15H2,2-5H3/t17-,18-,19+,20-,21?,22+,23+,24-/m0/s1. The van der Waals surface area contributed by atoms with E-state index in [1.165, 1.54) is 0 Å². The molecule has 2 rings (SSSR count). The number of ether oxygens (including phenoxy) is 2. The van der Waals surface area contributed by atoms with Crippen LogP contribution in [0, 0.1) is 17.8 Å². The van der Waals surface area contributed by atoms with Crippen LogP contribution < -0.4 is 0 Å². The SMILES string of the molecule is C=C1CC(CC[C@H](C)O)OC(=O)[C@@H](C)CCCC[C@@H]2O[C@@H](C[C@@H](O)C(=O)[C@H](C)C1)C[C@@H]2C. The minimum atomic E-state index is -1.03. The first kappa shape index (κ1) is 27.0. The summed E-state index contributed by atoms with van der Waals surface area (Å²) < 4.78 is 12.0. The van der Waals surface area contributed by atoms with Crippen LogP contribution in [0.25, 0.3) is 0 Å². The summed E-state index contributed by atoms with van der Waals surface area (Å²) in [6, 6.07) is 0. The summed E-state index contributed by atoms with van der Waals surface area (Å²) in [6.45, 7) is 11.7. The van der Waals surface area contributed by atoms with Crippen molar-refractivity contribution in [1.82, 2.24) is 0 Å². The molecule has 184 valence electrons. The van der Waals surface area contributed by atoms with E-state index >= 15 is 0 Å².